The van der Waals surface area contributed by atoms with Gasteiger partial charge in [-0.05, 0) is 63.9 Å². The third-order valence-electron chi connectivity index (χ3n) is 7.30. The highest BCUT2D eigenvalue weighted by molar-refractivity contribution is 6.03. The lowest BCUT2D eigenvalue weighted by molar-refractivity contribution is 0.0738. The number of pyridine rings is 1. The van der Waals surface area contributed by atoms with Gasteiger partial charge >= 0.3 is 0 Å². The normalized spacial score (nSPS) is 14.9. The molecule has 1 aliphatic rings. The van der Waals surface area contributed by atoms with Crippen molar-refractivity contribution in [2.45, 2.75) is 38.3 Å². The van der Waals surface area contributed by atoms with Gasteiger partial charge in [0.1, 0.15) is 22.8 Å². The lowest BCUT2D eigenvalue weighted by atomic mass is 9.75. The van der Waals surface area contributed by atoms with Gasteiger partial charge in [0.05, 0.1) is 10.9 Å². The summed E-state index contributed by atoms with van der Waals surface area (Å²) < 4.78 is 32.2. The van der Waals surface area contributed by atoms with E-state index in [1.165, 1.54) is 30.7 Å². The van der Waals surface area contributed by atoms with E-state index in [1.54, 1.807) is 10.9 Å². The number of rotatable bonds is 6. The Kier molecular flexibility index (Phi) is 5.60. The molecule has 0 bridgehead atoms. The van der Waals surface area contributed by atoms with Crippen molar-refractivity contribution in [3.63, 3.8) is 0 Å². The molecule has 0 unspecified atom stereocenters. The van der Waals surface area contributed by atoms with Crippen LogP contribution >= 0.6 is 0 Å². The van der Waals surface area contributed by atoms with E-state index in [4.69, 9.17) is 6.42 Å². The second kappa shape index (κ2) is 8.51. The molecular formula is C27H27F2N5O. The smallest absolute Gasteiger partial charge is 0.175 e. The molecule has 35 heavy (non-hydrogen) atoms. The molecule has 1 saturated carbocycles. The van der Waals surface area contributed by atoms with Crippen LogP contribution in [0.25, 0.3) is 32.9 Å². The molecule has 1 fully saturated rings. The number of aromatic nitrogens is 3. The summed E-state index contributed by atoms with van der Waals surface area (Å²) in [5.74, 6) is 1.65. The summed E-state index contributed by atoms with van der Waals surface area (Å²) in [4.78, 5) is 6.64. The highest BCUT2D eigenvalue weighted by Gasteiger charge is 2.39. The first-order valence-electron chi connectivity index (χ1n) is 11.7. The molecule has 0 radical (unpaired) electrons. The molecule has 5 rings (SSSR count). The van der Waals surface area contributed by atoms with Crippen LogP contribution in [0.2, 0.25) is 0 Å². The largest absolute Gasteiger partial charge is 0.508 e. The van der Waals surface area contributed by atoms with Gasteiger partial charge in [0.25, 0.3) is 0 Å². The highest BCUT2D eigenvalue weighted by Crippen LogP contribution is 2.39. The van der Waals surface area contributed by atoms with Gasteiger partial charge in [-0.2, -0.15) is 5.10 Å². The second-order valence-corrected chi connectivity index (χ2v) is 9.33. The third kappa shape index (κ3) is 3.58. The maximum Gasteiger partial charge on any atom is 0.175 e. The molecule has 0 saturated heterocycles. The molecule has 0 spiro atoms. The van der Waals surface area contributed by atoms with Crippen molar-refractivity contribution in [3.8, 4) is 29.4 Å². The fraction of sp³-hybridized carbons (Fsp3) is 0.333. The van der Waals surface area contributed by atoms with Crippen molar-refractivity contribution in [2.75, 3.05) is 26.0 Å². The number of benzene rings is 2. The van der Waals surface area contributed by atoms with Gasteiger partial charge in [0, 0.05) is 35.8 Å². The molecule has 0 amide bonds. The summed E-state index contributed by atoms with van der Waals surface area (Å²) in [6, 6.07) is 5.57. The van der Waals surface area contributed by atoms with Crippen molar-refractivity contribution in [2.24, 2.45) is 0 Å². The predicted octanol–water partition coefficient (Wildman–Crippen LogP) is 5.13. The average Bonchev–Trinajstić information content (AvgIpc) is 3.17. The van der Waals surface area contributed by atoms with Crippen LogP contribution < -0.4 is 5.32 Å². The number of terminal acetylenes is 1. The van der Waals surface area contributed by atoms with Gasteiger partial charge in [-0.3, -0.25) is 9.67 Å². The van der Waals surface area contributed by atoms with Crippen LogP contribution in [0.4, 0.5) is 14.6 Å². The number of phenolic OH excluding ortho intramolecular Hbond substituents is 1. The van der Waals surface area contributed by atoms with E-state index >= 15 is 4.39 Å². The average molecular weight is 476 g/mol. The first-order valence-corrected chi connectivity index (χ1v) is 11.7. The molecule has 2 heterocycles. The summed E-state index contributed by atoms with van der Waals surface area (Å²) in [5.41, 5.74) is 0.559. The quantitative estimate of drug-likeness (QED) is 0.379. The zero-order valence-corrected chi connectivity index (χ0v) is 20.0. The SMILES string of the molecule is C#Cc1c(F)ccc2cc(O)cc(-c3ncc4c(NCC5(N(C)C)CCC5)nn(CC)c4c3F)c12. The number of hydrogen-bond acceptors (Lipinski definition) is 5. The third-order valence-corrected chi connectivity index (χ3v) is 7.30. The summed E-state index contributed by atoms with van der Waals surface area (Å²) in [5, 5.41) is 19.7. The standard InChI is InChI=1S/C27H27F2N5O/c1-5-18-21(28)9-8-16-12-17(35)13-19(22(16)18)24-23(29)25-20(14-30-24)26(32-34(25)6-2)31-15-27(33(3)4)10-7-11-27/h1,8-9,12-14,35H,6-7,10-11,15H2,2-4H3,(H,31,32). The lowest BCUT2D eigenvalue weighted by Gasteiger charge is -2.47. The molecule has 8 heteroatoms. The topological polar surface area (TPSA) is 66.2 Å². The summed E-state index contributed by atoms with van der Waals surface area (Å²) in [6.45, 7) is 3.03. The van der Waals surface area contributed by atoms with E-state index in [0.29, 0.717) is 40.6 Å². The summed E-state index contributed by atoms with van der Waals surface area (Å²) in [7, 11) is 4.15. The monoisotopic (exact) mass is 475 g/mol. The molecule has 2 N–H and O–H groups in total. The van der Waals surface area contributed by atoms with Crippen LogP contribution in [0.3, 0.4) is 0 Å². The van der Waals surface area contributed by atoms with Gasteiger partial charge in [0.15, 0.2) is 11.6 Å². The number of fused-ring (bicyclic) bond motifs is 2. The minimum atomic E-state index is -0.602. The number of aromatic hydroxyl groups is 1. The number of halogens is 2. The van der Waals surface area contributed by atoms with E-state index in [2.05, 4.69) is 40.3 Å². The number of phenols is 1. The second-order valence-electron chi connectivity index (χ2n) is 9.33. The van der Waals surface area contributed by atoms with Gasteiger partial charge < -0.3 is 15.3 Å². The van der Waals surface area contributed by atoms with Gasteiger partial charge in [-0.15, -0.1) is 6.42 Å². The Morgan fingerprint density at radius 1 is 1.26 bits per heavy atom. The van der Waals surface area contributed by atoms with Crippen molar-refractivity contribution in [1.29, 1.82) is 0 Å². The van der Waals surface area contributed by atoms with Crippen LogP contribution in [-0.2, 0) is 6.54 Å². The zero-order valence-electron chi connectivity index (χ0n) is 20.0. The molecular weight excluding hydrogens is 448 g/mol. The molecule has 0 atom stereocenters. The Labute approximate surface area is 202 Å². The van der Waals surface area contributed by atoms with Crippen molar-refractivity contribution in [3.05, 3.63) is 47.7 Å². The maximum atomic E-state index is 16.1. The highest BCUT2D eigenvalue weighted by atomic mass is 19.1. The first-order chi connectivity index (χ1) is 16.8. The van der Waals surface area contributed by atoms with Crippen LogP contribution in [0.1, 0.15) is 31.7 Å². The van der Waals surface area contributed by atoms with E-state index in [9.17, 15) is 9.50 Å². The zero-order chi connectivity index (χ0) is 24.9. The maximum absolute atomic E-state index is 16.1. The van der Waals surface area contributed by atoms with E-state index < -0.39 is 11.6 Å². The number of anilines is 1. The minimum Gasteiger partial charge on any atom is -0.508 e. The number of hydrogen-bond donors (Lipinski definition) is 2. The Hall–Kier alpha value is -3.70. The molecule has 2 aromatic heterocycles. The fourth-order valence-corrected chi connectivity index (χ4v) is 5.04. The molecule has 0 aliphatic heterocycles. The lowest BCUT2D eigenvalue weighted by Crippen LogP contribution is -2.54. The van der Waals surface area contributed by atoms with E-state index in [-0.39, 0.29) is 28.1 Å². The van der Waals surface area contributed by atoms with E-state index in [0.717, 1.165) is 12.8 Å². The number of likely N-dealkylation sites (N-methyl/N-ethyl adjacent to an activating group) is 1. The molecule has 6 nitrogen and oxygen atoms in total. The fourth-order valence-electron chi connectivity index (χ4n) is 5.04. The first kappa shape index (κ1) is 23.1. The predicted molar refractivity (Wildman–Crippen MR) is 134 cm³/mol. The number of nitrogens with zero attached hydrogens (tertiary/aromatic N) is 4. The molecule has 4 aromatic rings. The molecule has 2 aromatic carbocycles. The number of aryl methyl sites for hydroxylation is 1. The Morgan fingerprint density at radius 3 is 2.66 bits per heavy atom. The number of nitrogens with one attached hydrogen (secondary N) is 1. The Morgan fingerprint density at radius 2 is 2.03 bits per heavy atom. The van der Waals surface area contributed by atoms with Crippen molar-refractivity contribution < 1.29 is 13.9 Å². The van der Waals surface area contributed by atoms with Crippen LogP contribution in [0.5, 0.6) is 5.75 Å². The summed E-state index contributed by atoms with van der Waals surface area (Å²) >= 11 is 0. The van der Waals surface area contributed by atoms with Gasteiger partial charge in [-0.25, -0.2) is 8.78 Å². The molecule has 180 valence electrons. The molecule has 1 aliphatic carbocycles. The van der Waals surface area contributed by atoms with Crippen LogP contribution in [-0.4, -0.2) is 50.9 Å². The summed E-state index contributed by atoms with van der Waals surface area (Å²) in [6.07, 6.45) is 10.5. The van der Waals surface area contributed by atoms with Crippen LogP contribution in [0, 0.1) is 24.0 Å². The Balaban J connectivity index is 1.67. The van der Waals surface area contributed by atoms with Gasteiger partial charge in [-0.1, -0.05) is 12.0 Å². The van der Waals surface area contributed by atoms with Gasteiger partial charge in [0.2, 0.25) is 0 Å². The van der Waals surface area contributed by atoms with Crippen LogP contribution in [0.15, 0.2) is 30.5 Å². The van der Waals surface area contributed by atoms with E-state index in [1.807, 2.05) is 6.92 Å². The minimum absolute atomic E-state index is 0.000339. The Bertz CT molecular complexity index is 1500. The van der Waals surface area contributed by atoms with Crippen molar-refractivity contribution in [1.82, 2.24) is 19.7 Å². The van der Waals surface area contributed by atoms with Crippen molar-refractivity contribution >= 4 is 27.5 Å².